The van der Waals surface area contributed by atoms with Gasteiger partial charge in [0.1, 0.15) is 0 Å². The molecular weight excluding hydrogens is 267 g/mol. The van der Waals surface area contributed by atoms with E-state index >= 15 is 0 Å². The first-order valence-electron chi connectivity index (χ1n) is 7.04. The third-order valence-corrected chi connectivity index (χ3v) is 3.81. The summed E-state index contributed by atoms with van der Waals surface area (Å²) in [5.41, 5.74) is -0.280. The maximum atomic E-state index is 12.6. The van der Waals surface area contributed by atoms with Crippen molar-refractivity contribution in [2.45, 2.75) is 44.4 Å². The van der Waals surface area contributed by atoms with Gasteiger partial charge in [0, 0.05) is 12.2 Å². The lowest BCUT2D eigenvalue weighted by Gasteiger charge is -2.17. The van der Waals surface area contributed by atoms with Crippen LogP contribution in [0.15, 0.2) is 24.3 Å². The average molecular weight is 287 g/mol. The van der Waals surface area contributed by atoms with Crippen molar-refractivity contribution >= 4 is 5.69 Å². The molecule has 0 saturated heterocycles. The van der Waals surface area contributed by atoms with Crippen LogP contribution in [-0.2, 0) is 6.18 Å². The largest absolute Gasteiger partial charge is 0.416 e. The molecule has 0 aromatic heterocycles. The molecular formula is C15H20F3NO. The van der Waals surface area contributed by atoms with E-state index in [0.29, 0.717) is 11.6 Å². The fourth-order valence-corrected chi connectivity index (χ4v) is 2.76. The molecule has 1 saturated carbocycles. The number of anilines is 1. The lowest BCUT2D eigenvalue weighted by molar-refractivity contribution is -0.137. The number of halogens is 3. The minimum absolute atomic E-state index is 0.289. The van der Waals surface area contributed by atoms with E-state index in [2.05, 4.69) is 5.32 Å². The predicted molar refractivity (Wildman–Crippen MR) is 72.5 cm³/mol. The van der Waals surface area contributed by atoms with Crippen LogP contribution in [0.5, 0.6) is 0 Å². The third-order valence-electron chi connectivity index (χ3n) is 3.81. The Balaban J connectivity index is 1.84. The second-order valence-corrected chi connectivity index (χ2v) is 5.50. The fraction of sp³-hybridized carbons (Fsp3) is 0.600. The Morgan fingerprint density at radius 3 is 2.60 bits per heavy atom. The normalized spacial score (nSPS) is 18.2. The minimum atomic E-state index is -4.33. The molecule has 0 bridgehead atoms. The summed E-state index contributed by atoms with van der Waals surface area (Å²) in [6.45, 7) is 0.289. The molecule has 2 rings (SSSR count). The van der Waals surface area contributed by atoms with Gasteiger partial charge in [-0.05, 0) is 30.5 Å². The first kappa shape index (κ1) is 15.2. The van der Waals surface area contributed by atoms with Crippen LogP contribution in [0.1, 0.15) is 37.7 Å². The Morgan fingerprint density at radius 2 is 1.95 bits per heavy atom. The zero-order chi connectivity index (χ0) is 14.6. The van der Waals surface area contributed by atoms with Crippen LogP contribution in [0.4, 0.5) is 18.9 Å². The average Bonchev–Trinajstić information content (AvgIpc) is 2.88. The van der Waals surface area contributed by atoms with E-state index in [9.17, 15) is 18.3 Å². The smallest absolute Gasteiger partial charge is 0.391 e. The highest BCUT2D eigenvalue weighted by molar-refractivity contribution is 5.46. The van der Waals surface area contributed by atoms with Crippen LogP contribution in [0.2, 0.25) is 0 Å². The number of hydrogen-bond acceptors (Lipinski definition) is 2. The van der Waals surface area contributed by atoms with Gasteiger partial charge in [-0.25, -0.2) is 0 Å². The number of rotatable bonds is 5. The number of aliphatic hydroxyl groups excluding tert-OH is 1. The van der Waals surface area contributed by atoms with Crippen molar-refractivity contribution in [1.82, 2.24) is 0 Å². The topological polar surface area (TPSA) is 32.3 Å². The van der Waals surface area contributed by atoms with Crippen molar-refractivity contribution in [3.63, 3.8) is 0 Å². The summed E-state index contributed by atoms with van der Waals surface area (Å²) in [7, 11) is 0. The van der Waals surface area contributed by atoms with Crippen LogP contribution < -0.4 is 5.32 Å². The van der Waals surface area contributed by atoms with Crippen LogP contribution in [-0.4, -0.2) is 17.8 Å². The summed E-state index contributed by atoms with van der Waals surface area (Å²) in [5.74, 6) is 0.563. The quantitative estimate of drug-likeness (QED) is 0.856. The van der Waals surface area contributed by atoms with E-state index in [1.54, 1.807) is 6.07 Å². The Hall–Kier alpha value is -1.23. The van der Waals surface area contributed by atoms with Gasteiger partial charge >= 0.3 is 6.18 Å². The molecule has 0 heterocycles. The predicted octanol–water partition coefficient (Wildman–Crippen LogP) is 4.06. The zero-order valence-corrected chi connectivity index (χ0v) is 11.3. The highest BCUT2D eigenvalue weighted by Gasteiger charge is 2.30. The van der Waals surface area contributed by atoms with E-state index in [4.69, 9.17) is 0 Å². The molecule has 1 atom stereocenters. The van der Waals surface area contributed by atoms with Gasteiger partial charge in [-0.15, -0.1) is 0 Å². The van der Waals surface area contributed by atoms with Gasteiger partial charge in [0.25, 0.3) is 0 Å². The van der Waals surface area contributed by atoms with Gasteiger partial charge in [0.15, 0.2) is 0 Å². The molecule has 2 nitrogen and oxygen atoms in total. The van der Waals surface area contributed by atoms with Gasteiger partial charge in [-0.2, -0.15) is 13.2 Å². The molecule has 0 aliphatic heterocycles. The number of benzene rings is 1. The standard InChI is InChI=1S/C15H20F3NO/c16-15(17,18)12-6-3-7-13(9-12)19-10-14(20)8-11-4-1-2-5-11/h3,6-7,9,11,14,19-20H,1-2,4-5,8,10H2. The van der Waals surface area contributed by atoms with E-state index < -0.39 is 17.8 Å². The van der Waals surface area contributed by atoms with Crippen molar-refractivity contribution in [2.75, 3.05) is 11.9 Å². The van der Waals surface area contributed by atoms with Crippen molar-refractivity contribution in [3.05, 3.63) is 29.8 Å². The van der Waals surface area contributed by atoms with E-state index in [0.717, 1.165) is 31.4 Å². The van der Waals surface area contributed by atoms with Gasteiger partial charge in [-0.3, -0.25) is 0 Å². The lowest BCUT2D eigenvalue weighted by atomic mass is 10.00. The molecule has 0 spiro atoms. The summed E-state index contributed by atoms with van der Waals surface area (Å²) in [4.78, 5) is 0. The number of nitrogens with one attached hydrogen (secondary N) is 1. The second-order valence-electron chi connectivity index (χ2n) is 5.50. The van der Waals surface area contributed by atoms with Gasteiger partial charge in [0.2, 0.25) is 0 Å². The molecule has 20 heavy (non-hydrogen) atoms. The lowest BCUT2D eigenvalue weighted by Crippen LogP contribution is -2.22. The van der Waals surface area contributed by atoms with Gasteiger partial charge < -0.3 is 10.4 Å². The molecule has 1 fully saturated rings. The number of hydrogen-bond donors (Lipinski definition) is 2. The van der Waals surface area contributed by atoms with E-state index in [1.165, 1.54) is 18.9 Å². The number of aliphatic hydroxyl groups is 1. The zero-order valence-electron chi connectivity index (χ0n) is 11.3. The maximum absolute atomic E-state index is 12.6. The summed E-state index contributed by atoms with van der Waals surface area (Å²) < 4.78 is 37.7. The highest BCUT2D eigenvalue weighted by atomic mass is 19.4. The van der Waals surface area contributed by atoms with Crippen molar-refractivity contribution in [3.8, 4) is 0 Å². The van der Waals surface area contributed by atoms with Crippen molar-refractivity contribution in [1.29, 1.82) is 0 Å². The molecule has 1 aromatic carbocycles. The SMILES string of the molecule is OC(CNc1cccc(C(F)(F)F)c1)CC1CCCC1. The van der Waals surface area contributed by atoms with Crippen LogP contribution in [0.3, 0.4) is 0 Å². The van der Waals surface area contributed by atoms with Crippen LogP contribution >= 0.6 is 0 Å². The Kier molecular flexibility index (Phi) is 4.91. The van der Waals surface area contributed by atoms with E-state index in [1.807, 2.05) is 0 Å². The fourth-order valence-electron chi connectivity index (χ4n) is 2.76. The highest BCUT2D eigenvalue weighted by Crippen LogP contribution is 2.31. The Bertz CT molecular complexity index is 427. The molecule has 112 valence electrons. The molecule has 1 unspecified atom stereocenters. The maximum Gasteiger partial charge on any atom is 0.416 e. The van der Waals surface area contributed by atoms with Crippen LogP contribution in [0.25, 0.3) is 0 Å². The van der Waals surface area contributed by atoms with Gasteiger partial charge in [0.05, 0.1) is 11.7 Å². The third kappa shape index (κ3) is 4.40. The molecule has 2 N–H and O–H groups in total. The Morgan fingerprint density at radius 1 is 1.25 bits per heavy atom. The van der Waals surface area contributed by atoms with Crippen molar-refractivity contribution in [2.24, 2.45) is 5.92 Å². The molecule has 0 amide bonds. The monoisotopic (exact) mass is 287 g/mol. The molecule has 1 aromatic rings. The second kappa shape index (κ2) is 6.48. The Labute approximate surface area is 117 Å². The van der Waals surface area contributed by atoms with Gasteiger partial charge in [-0.1, -0.05) is 31.7 Å². The molecule has 1 aliphatic rings. The molecule has 0 radical (unpaired) electrons. The van der Waals surface area contributed by atoms with Crippen LogP contribution in [0, 0.1) is 5.92 Å². The number of alkyl halides is 3. The van der Waals surface area contributed by atoms with Crippen molar-refractivity contribution < 1.29 is 18.3 Å². The summed E-state index contributed by atoms with van der Waals surface area (Å²) >= 11 is 0. The minimum Gasteiger partial charge on any atom is -0.391 e. The molecule has 1 aliphatic carbocycles. The first-order chi connectivity index (χ1) is 9.45. The molecule has 5 heteroatoms. The summed E-state index contributed by atoms with van der Waals surface area (Å²) in [5, 5.41) is 12.8. The summed E-state index contributed by atoms with van der Waals surface area (Å²) in [6, 6.07) is 5.06. The summed E-state index contributed by atoms with van der Waals surface area (Å²) in [6.07, 6.45) is 0.636. The van der Waals surface area contributed by atoms with E-state index in [-0.39, 0.29) is 6.54 Å². The first-order valence-corrected chi connectivity index (χ1v) is 7.04.